The van der Waals surface area contributed by atoms with Crippen molar-refractivity contribution in [1.82, 2.24) is 9.78 Å². The molecule has 1 heterocycles. The molecule has 5 rings (SSSR count). The summed E-state index contributed by atoms with van der Waals surface area (Å²) < 4.78 is 1.95. The van der Waals surface area contributed by atoms with Crippen molar-refractivity contribution in [1.29, 1.82) is 0 Å². The molecular formula is C15H21N3O. The van der Waals surface area contributed by atoms with Crippen LogP contribution in [0.15, 0.2) is 12.3 Å². The van der Waals surface area contributed by atoms with Gasteiger partial charge in [-0.3, -0.25) is 9.48 Å². The van der Waals surface area contributed by atoms with E-state index in [1.807, 2.05) is 10.9 Å². The largest absolute Gasteiger partial charge is 0.364 e. The fourth-order valence-corrected chi connectivity index (χ4v) is 5.41. The Morgan fingerprint density at radius 1 is 1.26 bits per heavy atom. The fourth-order valence-electron chi connectivity index (χ4n) is 5.41. The van der Waals surface area contributed by atoms with Crippen LogP contribution in [0, 0.1) is 23.2 Å². The highest BCUT2D eigenvalue weighted by atomic mass is 16.1. The second-order valence-electron chi connectivity index (χ2n) is 7.18. The molecule has 1 amide bonds. The number of hydrogen-bond donors (Lipinski definition) is 1. The van der Waals surface area contributed by atoms with Crippen LogP contribution >= 0.6 is 0 Å². The average Bonchev–Trinajstić information content (AvgIpc) is 2.74. The van der Waals surface area contributed by atoms with Gasteiger partial charge in [0.15, 0.2) is 0 Å². The van der Waals surface area contributed by atoms with Gasteiger partial charge in [-0.05, 0) is 67.8 Å². The maximum absolute atomic E-state index is 11.1. The molecule has 1 aromatic rings. The number of carbonyl (C=O) groups is 1. The molecule has 0 saturated heterocycles. The summed E-state index contributed by atoms with van der Waals surface area (Å²) in [4.78, 5) is 11.1. The molecule has 2 N–H and O–H groups in total. The van der Waals surface area contributed by atoms with Gasteiger partial charge >= 0.3 is 0 Å². The van der Waals surface area contributed by atoms with Crippen LogP contribution in [0.1, 0.15) is 49.0 Å². The van der Waals surface area contributed by atoms with Crippen LogP contribution in [0.3, 0.4) is 0 Å². The molecule has 0 aliphatic heterocycles. The number of amides is 1. The third-order valence-corrected chi connectivity index (χ3v) is 5.56. The van der Waals surface area contributed by atoms with Crippen molar-refractivity contribution in [2.75, 3.05) is 0 Å². The lowest BCUT2D eigenvalue weighted by molar-refractivity contribution is -0.0635. The second-order valence-corrected chi connectivity index (χ2v) is 7.18. The Hall–Kier alpha value is -1.32. The van der Waals surface area contributed by atoms with Crippen LogP contribution in [0.4, 0.5) is 0 Å². The van der Waals surface area contributed by atoms with Gasteiger partial charge in [0.2, 0.25) is 0 Å². The molecular weight excluding hydrogens is 238 g/mol. The Bertz CT molecular complexity index is 484. The molecule has 0 aromatic carbocycles. The quantitative estimate of drug-likeness (QED) is 0.904. The van der Waals surface area contributed by atoms with Crippen molar-refractivity contribution >= 4 is 5.91 Å². The van der Waals surface area contributed by atoms with Crippen LogP contribution in [0.25, 0.3) is 0 Å². The van der Waals surface area contributed by atoms with Gasteiger partial charge in [0.25, 0.3) is 5.91 Å². The van der Waals surface area contributed by atoms with Crippen LogP contribution in [0.5, 0.6) is 0 Å². The summed E-state index contributed by atoms with van der Waals surface area (Å²) in [6.45, 7) is 0.976. The summed E-state index contributed by atoms with van der Waals surface area (Å²) >= 11 is 0. The SMILES string of the molecule is NC(=O)c1ccn(CC23CC4CC(CC(C4)C2)C3)n1. The highest BCUT2D eigenvalue weighted by Crippen LogP contribution is 2.60. The second kappa shape index (κ2) is 3.84. The van der Waals surface area contributed by atoms with Gasteiger partial charge in [0, 0.05) is 12.7 Å². The Balaban J connectivity index is 1.57. The third kappa shape index (κ3) is 1.88. The lowest BCUT2D eigenvalue weighted by Crippen LogP contribution is -2.48. The molecule has 102 valence electrons. The molecule has 4 aliphatic rings. The van der Waals surface area contributed by atoms with E-state index in [1.54, 1.807) is 6.07 Å². The van der Waals surface area contributed by atoms with Gasteiger partial charge in [0.05, 0.1) is 0 Å². The first-order valence-corrected chi connectivity index (χ1v) is 7.45. The van der Waals surface area contributed by atoms with Gasteiger partial charge in [-0.25, -0.2) is 0 Å². The van der Waals surface area contributed by atoms with E-state index in [0.717, 1.165) is 24.3 Å². The Morgan fingerprint density at radius 2 is 1.84 bits per heavy atom. The molecule has 0 atom stereocenters. The molecule has 1 aromatic heterocycles. The molecule has 19 heavy (non-hydrogen) atoms. The lowest BCUT2D eigenvalue weighted by Gasteiger charge is -2.56. The number of aromatic nitrogens is 2. The summed E-state index contributed by atoms with van der Waals surface area (Å²) in [5, 5.41) is 4.33. The summed E-state index contributed by atoms with van der Waals surface area (Å²) in [5.41, 5.74) is 6.12. The van der Waals surface area contributed by atoms with Gasteiger partial charge in [0.1, 0.15) is 5.69 Å². The Labute approximate surface area is 113 Å². The number of primary amides is 1. The first-order valence-electron chi connectivity index (χ1n) is 7.45. The zero-order valence-corrected chi connectivity index (χ0v) is 11.2. The summed E-state index contributed by atoms with van der Waals surface area (Å²) in [6.07, 6.45) is 10.4. The molecule has 4 bridgehead atoms. The predicted molar refractivity (Wildman–Crippen MR) is 71.3 cm³/mol. The van der Waals surface area contributed by atoms with Crippen LogP contribution in [-0.4, -0.2) is 15.7 Å². The van der Waals surface area contributed by atoms with E-state index in [9.17, 15) is 4.79 Å². The molecule has 4 fully saturated rings. The number of rotatable bonds is 3. The van der Waals surface area contributed by atoms with E-state index < -0.39 is 5.91 Å². The zero-order valence-electron chi connectivity index (χ0n) is 11.2. The lowest BCUT2D eigenvalue weighted by atomic mass is 9.49. The maximum atomic E-state index is 11.1. The van der Waals surface area contributed by atoms with Crippen molar-refractivity contribution in [2.45, 2.75) is 45.1 Å². The number of hydrogen-bond acceptors (Lipinski definition) is 2. The minimum absolute atomic E-state index is 0.393. The van der Waals surface area contributed by atoms with Crippen molar-refractivity contribution in [2.24, 2.45) is 28.9 Å². The molecule has 0 spiro atoms. The zero-order chi connectivity index (χ0) is 13.0. The van der Waals surface area contributed by atoms with E-state index in [0.29, 0.717) is 11.1 Å². The summed E-state index contributed by atoms with van der Waals surface area (Å²) in [6, 6.07) is 1.74. The molecule has 4 nitrogen and oxygen atoms in total. The first-order chi connectivity index (χ1) is 9.12. The van der Waals surface area contributed by atoms with Gasteiger partial charge < -0.3 is 5.73 Å². The predicted octanol–water partition coefficient (Wildman–Crippen LogP) is 2.20. The van der Waals surface area contributed by atoms with Crippen molar-refractivity contribution in [3.63, 3.8) is 0 Å². The highest BCUT2D eigenvalue weighted by molar-refractivity contribution is 5.90. The number of nitrogens with zero attached hydrogens (tertiary/aromatic N) is 2. The van der Waals surface area contributed by atoms with Crippen molar-refractivity contribution in [3.05, 3.63) is 18.0 Å². The highest BCUT2D eigenvalue weighted by Gasteiger charge is 2.50. The minimum Gasteiger partial charge on any atom is -0.364 e. The van der Waals surface area contributed by atoms with E-state index in [4.69, 9.17) is 5.73 Å². The standard InChI is InChI=1S/C15H21N3O/c16-14(19)13-1-2-18(17-13)9-15-6-10-3-11(7-15)5-12(4-10)8-15/h1-2,10-12H,3-9H2,(H2,16,19). The van der Waals surface area contributed by atoms with E-state index >= 15 is 0 Å². The van der Waals surface area contributed by atoms with Gasteiger partial charge in [-0.1, -0.05) is 0 Å². The van der Waals surface area contributed by atoms with Gasteiger partial charge in [-0.2, -0.15) is 5.10 Å². The van der Waals surface area contributed by atoms with E-state index in [-0.39, 0.29) is 0 Å². The minimum atomic E-state index is -0.427. The first kappa shape index (κ1) is 11.5. The van der Waals surface area contributed by atoms with Crippen LogP contribution < -0.4 is 5.73 Å². The van der Waals surface area contributed by atoms with E-state index in [2.05, 4.69) is 5.10 Å². The van der Waals surface area contributed by atoms with Crippen molar-refractivity contribution in [3.8, 4) is 0 Å². The molecule has 0 radical (unpaired) electrons. The number of nitrogens with two attached hydrogens (primary N) is 1. The molecule has 0 unspecified atom stereocenters. The van der Waals surface area contributed by atoms with E-state index in [1.165, 1.54) is 38.5 Å². The molecule has 4 heteroatoms. The van der Waals surface area contributed by atoms with Crippen molar-refractivity contribution < 1.29 is 4.79 Å². The smallest absolute Gasteiger partial charge is 0.269 e. The third-order valence-electron chi connectivity index (χ3n) is 5.56. The summed E-state index contributed by atoms with van der Waals surface area (Å²) in [7, 11) is 0. The Kier molecular flexibility index (Phi) is 2.32. The van der Waals surface area contributed by atoms with Crippen LogP contribution in [-0.2, 0) is 6.54 Å². The summed E-state index contributed by atoms with van der Waals surface area (Å²) in [5.74, 6) is 2.44. The normalized spacial score (nSPS) is 39.7. The average molecular weight is 259 g/mol. The van der Waals surface area contributed by atoms with Crippen LogP contribution in [0.2, 0.25) is 0 Å². The topological polar surface area (TPSA) is 60.9 Å². The fraction of sp³-hybridized carbons (Fsp3) is 0.733. The Morgan fingerprint density at radius 3 is 2.32 bits per heavy atom. The molecule has 4 saturated carbocycles. The maximum Gasteiger partial charge on any atom is 0.269 e. The molecule has 4 aliphatic carbocycles. The monoisotopic (exact) mass is 259 g/mol. The number of carbonyl (C=O) groups excluding carboxylic acids is 1. The van der Waals surface area contributed by atoms with Gasteiger partial charge in [-0.15, -0.1) is 0 Å².